The number of rotatable bonds is 2. The predicted molar refractivity (Wildman–Crippen MR) is 113 cm³/mol. The zero-order valence-electron chi connectivity index (χ0n) is 15.8. The molecule has 0 unspecified atom stereocenters. The van der Waals surface area contributed by atoms with Crippen molar-refractivity contribution in [3.05, 3.63) is 54.6 Å². The highest BCUT2D eigenvalue weighted by Gasteiger charge is 2.49. The van der Waals surface area contributed by atoms with Gasteiger partial charge in [-0.25, -0.2) is 0 Å². The van der Waals surface area contributed by atoms with E-state index in [1.54, 1.807) is 24.3 Å². The maximum absolute atomic E-state index is 13.1. The van der Waals surface area contributed by atoms with Gasteiger partial charge in [0, 0.05) is 32.5 Å². The Bertz CT molecular complexity index is 1900. The van der Waals surface area contributed by atoms with E-state index < -0.39 is 21.4 Å². The average molecular weight is 454 g/mol. The molecular weight excluding hydrogens is 445 g/mol. The first-order valence-corrected chi connectivity index (χ1v) is 10.9. The third-order valence-corrected chi connectivity index (χ3v) is 6.92. The molecule has 0 saturated heterocycles. The molecule has 2 heterocycles. The van der Waals surface area contributed by atoms with Gasteiger partial charge in [0.05, 0.1) is 0 Å². The molecule has 32 heavy (non-hydrogen) atoms. The highest BCUT2D eigenvalue weighted by Crippen LogP contribution is 2.52. The van der Waals surface area contributed by atoms with Gasteiger partial charge < -0.3 is 13.0 Å². The Balaban J connectivity index is 1.76. The number of hydrogen-bond donors (Lipinski definition) is 0. The fourth-order valence-electron chi connectivity index (χ4n) is 4.77. The monoisotopic (exact) mass is 454 g/mol. The quantitative estimate of drug-likeness (QED) is 0.211. The van der Waals surface area contributed by atoms with Crippen molar-refractivity contribution in [1.82, 2.24) is 0 Å². The maximum Gasteiger partial charge on any atom is 0.534 e. The first kappa shape index (κ1) is 17.9. The molecule has 0 saturated carbocycles. The van der Waals surface area contributed by atoms with Crippen molar-refractivity contribution in [2.75, 3.05) is 0 Å². The van der Waals surface area contributed by atoms with E-state index in [4.69, 9.17) is 8.83 Å². The van der Waals surface area contributed by atoms with Gasteiger partial charge in [0.1, 0.15) is 22.3 Å². The Morgan fingerprint density at radius 2 is 1.28 bits per heavy atom. The molecule has 0 amide bonds. The topological polar surface area (TPSA) is 69.7 Å². The van der Waals surface area contributed by atoms with Crippen LogP contribution in [-0.2, 0) is 10.1 Å². The van der Waals surface area contributed by atoms with Crippen LogP contribution >= 0.6 is 0 Å². The molecule has 0 bridgehead atoms. The lowest BCUT2D eigenvalue weighted by Crippen LogP contribution is -2.28. The van der Waals surface area contributed by atoms with Crippen LogP contribution in [-0.4, -0.2) is 13.9 Å². The number of halogens is 3. The molecular formula is C23H9F3O5S. The van der Waals surface area contributed by atoms with Crippen LogP contribution in [0.4, 0.5) is 13.2 Å². The lowest BCUT2D eigenvalue weighted by Gasteiger charge is -2.14. The molecule has 4 aromatic carbocycles. The highest BCUT2D eigenvalue weighted by atomic mass is 32.2. The molecule has 7 rings (SSSR count). The minimum Gasteiger partial charge on any atom is -0.456 e. The van der Waals surface area contributed by atoms with Crippen LogP contribution < -0.4 is 4.18 Å². The fourth-order valence-corrected chi connectivity index (χ4v) is 5.24. The Kier molecular flexibility index (Phi) is 3.00. The fraction of sp³-hybridized carbons (Fsp3) is 0.0435. The summed E-state index contributed by atoms with van der Waals surface area (Å²) in [6, 6.07) is 15.2. The van der Waals surface area contributed by atoms with E-state index in [0.29, 0.717) is 44.1 Å². The summed E-state index contributed by atoms with van der Waals surface area (Å²) in [6.45, 7) is 0. The third-order valence-electron chi connectivity index (χ3n) is 5.96. The number of furan rings is 2. The smallest absolute Gasteiger partial charge is 0.456 e. The van der Waals surface area contributed by atoms with Gasteiger partial charge in [-0.05, 0) is 41.3 Å². The number of benzene rings is 4. The lowest BCUT2D eigenvalue weighted by atomic mass is 9.97. The minimum absolute atomic E-state index is 0.214. The molecule has 1 aliphatic carbocycles. The molecule has 9 heteroatoms. The summed E-state index contributed by atoms with van der Waals surface area (Å²) >= 11 is 0. The molecule has 158 valence electrons. The normalized spacial score (nSPS) is 13.7. The summed E-state index contributed by atoms with van der Waals surface area (Å²) in [5.74, 6) is -0.427. The van der Waals surface area contributed by atoms with E-state index in [9.17, 15) is 21.6 Å². The molecule has 2 aromatic heterocycles. The summed E-state index contributed by atoms with van der Waals surface area (Å²) in [5, 5.41) is 4.37. The Morgan fingerprint density at radius 3 is 1.97 bits per heavy atom. The van der Waals surface area contributed by atoms with Crippen molar-refractivity contribution < 1.29 is 34.6 Å². The molecule has 0 atom stereocenters. The van der Waals surface area contributed by atoms with E-state index in [2.05, 4.69) is 4.18 Å². The molecule has 0 N–H and O–H groups in total. The van der Waals surface area contributed by atoms with Crippen LogP contribution in [0.3, 0.4) is 0 Å². The molecule has 1 aliphatic rings. The van der Waals surface area contributed by atoms with Crippen molar-refractivity contribution in [3.8, 4) is 16.9 Å². The Morgan fingerprint density at radius 1 is 0.688 bits per heavy atom. The van der Waals surface area contributed by atoms with E-state index in [1.165, 1.54) is 12.1 Å². The van der Waals surface area contributed by atoms with E-state index in [-0.39, 0.29) is 5.56 Å². The minimum atomic E-state index is -5.88. The van der Waals surface area contributed by atoms with Crippen LogP contribution in [0.2, 0.25) is 0 Å². The summed E-state index contributed by atoms with van der Waals surface area (Å²) in [4.78, 5) is 0. The summed E-state index contributed by atoms with van der Waals surface area (Å²) in [7, 11) is -5.88. The number of hydrogen-bond acceptors (Lipinski definition) is 5. The first-order chi connectivity index (χ1) is 15.2. The number of alkyl halides is 3. The largest absolute Gasteiger partial charge is 0.534 e. The van der Waals surface area contributed by atoms with Crippen LogP contribution in [0.1, 0.15) is 0 Å². The van der Waals surface area contributed by atoms with Gasteiger partial charge in [0.15, 0.2) is 5.75 Å². The van der Waals surface area contributed by atoms with E-state index in [0.717, 1.165) is 16.2 Å². The second kappa shape index (κ2) is 5.36. The highest BCUT2D eigenvalue weighted by molar-refractivity contribution is 7.88. The molecule has 0 fully saturated rings. The summed E-state index contributed by atoms with van der Waals surface area (Å²) < 4.78 is 79.8. The average Bonchev–Trinajstić information content (AvgIpc) is 3.26. The molecule has 5 nitrogen and oxygen atoms in total. The van der Waals surface area contributed by atoms with Crippen LogP contribution in [0.5, 0.6) is 5.75 Å². The van der Waals surface area contributed by atoms with Gasteiger partial charge in [-0.2, -0.15) is 21.6 Å². The predicted octanol–water partition coefficient (Wildman–Crippen LogP) is 6.85. The van der Waals surface area contributed by atoms with Gasteiger partial charge in [-0.1, -0.05) is 24.3 Å². The van der Waals surface area contributed by atoms with Crippen LogP contribution in [0.15, 0.2) is 63.4 Å². The van der Waals surface area contributed by atoms with Crippen LogP contribution in [0, 0.1) is 0 Å². The standard InChI is InChI=1S/C23H9F3O5S/c24-23(25,26)32(27,28)31-16-9-8-15-22-19(16)11-2-1-3-12-18(11)20-13(29-12)6-4-10-5-7-14(30-15)21(22)17(10)20/h1-9H. The molecule has 0 radical (unpaired) electrons. The first-order valence-electron chi connectivity index (χ1n) is 9.52. The van der Waals surface area contributed by atoms with Gasteiger partial charge in [0.2, 0.25) is 0 Å². The van der Waals surface area contributed by atoms with Crippen molar-refractivity contribution in [2.45, 2.75) is 5.51 Å². The number of fused-ring (bicyclic) bond motifs is 1. The van der Waals surface area contributed by atoms with E-state index >= 15 is 0 Å². The van der Waals surface area contributed by atoms with Crippen molar-refractivity contribution >= 4 is 64.8 Å². The zero-order chi connectivity index (χ0) is 22.0. The van der Waals surface area contributed by atoms with Gasteiger partial charge in [-0.3, -0.25) is 0 Å². The maximum atomic E-state index is 13.1. The van der Waals surface area contributed by atoms with E-state index in [1.807, 2.05) is 18.2 Å². The summed E-state index contributed by atoms with van der Waals surface area (Å²) in [6.07, 6.45) is 0. The van der Waals surface area contributed by atoms with Crippen molar-refractivity contribution in [2.24, 2.45) is 0 Å². The van der Waals surface area contributed by atoms with Crippen molar-refractivity contribution in [1.29, 1.82) is 0 Å². The SMILES string of the molecule is O=S(=O)(Oc1ccc2oc3ccc4ccc5oc6cccc7c6c5c4c3c2c1-7)C(F)(F)F. The second-order valence-electron chi connectivity index (χ2n) is 7.65. The zero-order valence-corrected chi connectivity index (χ0v) is 16.6. The second-order valence-corrected chi connectivity index (χ2v) is 9.19. The summed E-state index contributed by atoms with van der Waals surface area (Å²) in [5.41, 5.74) is -2.76. The molecule has 0 aliphatic heterocycles. The van der Waals surface area contributed by atoms with Gasteiger partial charge >= 0.3 is 15.6 Å². The Labute approximate surface area is 176 Å². The molecule has 0 spiro atoms. The van der Waals surface area contributed by atoms with Crippen LogP contribution in [0.25, 0.3) is 65.8 Å². The van der Waals surface area contributed by atoms with Crippen molar-refractivity contribution in [3.63, 3.8) is 0 Å². The van der Waals surface area contributed by atoms with Gasteiger partial charge in [-0.15, -0.1) is 0 Å². The molecule has 6 aromatic rings. The van der Waals surface area contributed by atoms with Gasteiger partial charge in [0.25, 0.3) is 0 Å². The Hall–Kier alpha value is -3.72. The lowest BCUT2D eigenvalue weighted by molar-refractivity contribution is -0.0499. The third kappa shape index (κ3) is 2.02.